The standard InChI is InChI=1S/C23H21N3O2S/c1-3-12-28-17-10-8-16(9-11-17)21-14-29-23(25-21)26-22(27)19-13-15(2)24-20-7-5-4-6-18(19)20/h4-11,13-14H,3,12H2,1-2H3,(H,25,26,27). The molecule has 2 aromatic heterocycles. The van der Waals surface area contributed by atoms with Gasteiger partial charge in [-0.1, -0.05) is 25.1 Å². The molecular formula is C23H21N3O2S. The fourth-order valence-corrected chi connectivity index (χ4v) is 3.78. The van der Waals surface area contributed by atoms with Crippen molar-refractivity contribution in [3.8, 4) is 17.0 Å². The van der Waals surface area contributed by atoms with Gasteiger partial charge in [0.05, 0.1) is 23.4 Å². The molecule has 0 atom stereocenters. The second-order valence-electron chi connectivity index (χ2n) is 6.69. The van der Waals surface area contributed by atoms with Gasteiger partial charge in [0.2, 0.25) is 0 Å². The summed E-state index contributed by atoms with van der Waals surface area (Å²) in [5, 5.41) is 6.25. The molecule has 2 heterocycles. The summed E-state index contributed by atoms with van der Waals surface area (Å²) >= 11 is 1.41. The van der Waals surface area contributed by atoms with E-state index < -0.39 is 0 Å². The van der Waals surface area contributed by atoms with E-state index in [0.717, 1.165) is 40.0 Å². The van der Waals surface area contributed by atoms with Crippen LogP contribution in [0, 0.1) is 6.92 Å². The Morgan fingerprint density at radius 3 is 2.69 bits per heavy atom. The van der Waals surface area contributed by atoms with E-state index in [-0.39, 0.29) is 5.91 Å². The molecule has 0 fully saturated rings. The third kappa shape index (κ3) is 4.27. The average Bonchev–Trinajstić information content (AvgIpc) is 3.20. The van der Waals surface area contributed by atoms with Gasteiger partial charge in [0.15, 0.2) is 5.13 Å². The molecule has 1 N–H and O–H groups in total. The topological polar surface area (TPSA) is 64.1 Å². The van der Waals surface area contributed by atoms with E-state index in [9.17, 15) is 4.79 Å². The minimum absolute atomic E-state index is 0.184. The molecule has 0 saturated heterocycles. The molecule has 146 valence electrons. The molecule has 4 aromatic rings. The molecule has 0 spiro atoms. The average molecular weight is 404 g/mol. The number of fused-ring (bicyclic) bond motifs is 1. The lowest BCUT2D eigenvalue weighted by atomic mass is 10.1. The Balaban J connectivity index is 1.53. The highest BCUT2D eigenvalue weighted by atomic mass is 32.1. The number of hydrogen-bond donors (Lipinski definition) is 1. The lowest BCUT2D eigenvalue weighted by Crippen LogP contribution is -2.13. The maximum Gasteiger partial charge on any atom is 0.258 e. The van der Waals surface area contributed by atoms with Crippen LogP contribution in [0.1, 0.15) is 29.4 Å². The van der Waals surface area contributed by atoms with Gasteiger partial charge >= 0.3 is 0 Å². The molecule has 0 bridgehead atoms. The summed E-state index contributed by atoms with van der Waals surface area (Å²) in [6.07, 6.45) is 0.975. The lowest BCUT2D eigenvalue weighted by Gasteiger charge is -2.07. The van der Waals surface area contributed by atoms with Gasteiger partial charge in [-0.25, -0.2) is 4.98 Å². The summed E-state index contributed by atoms with van der Waals surface area (Å²) in [6, 6.07) is 17.3. The van der Waals surface area contributed by atoms with E-state index in [0.29, 0.717) is 17.3 Å². The number of aryl methyl sites for hydroxylation is 1. The molecule has 5 nitrogen and oxygen atoms in total. The van der Waals surface area contributed by atoms with Crippen molar-refractivity contribution in [2.75, 3.05) is 11.9 Å². The zero-order valence-electron chi connectivity index (χ0n) is 16.3. The van der Waals surface area contributed by atoms with Gasteiger partial charge < -0.3 is 4.74 Å². The number of hydrogen-bond acceptors (Lipinski definition) is 5. The maximum absolute atomic E-state index is 12.9. The first-order valence-corrected chi connectivity index (χ1v) is 10.4. The van der Waals surface area contributed by atoms with Crippen molar-refractivity contribution >= 4 is 33.3 Å². The number of carbonyl (C=O) groups is 1. The number of aromatic nitrogens is 2. The van der Waals surface area contributed by atoms with Crippen LogP contribution in [0.25, 0.3) is 22.2 Å². The van der Waals surface area contributed by atoms with E-state index in [4.69, 9.17) is 4.74 Å². The van der Waals surface area contributed by atoms with Crippen LogP contribution in [0.5, 0.6) is 5.75 Å². The highest BCUT2D eigenvalue weighted by Crippen LogP contribution is 2.27. The molecular weight excluding hydrogens is 382 g/mol. The molecule has 0 saturated carbocycles. The predicted octanol–water partition coefficient (Wildman–Crippen LogP) is 5.71. The van der Waals surface area contributed by atoms with Crippen molar-refractivity contribution in [3.63, 3.8) is 0 Å². The number of carbonyl (C=O) groups excluding carboxylic acids is 1. The number of nitrogens with one attached hydrogen (secondary N) is 1. The van der Waals surface area contributed by atoms with E-state index in [2.05, 4.69) is 22.2 Å². The Kier molecular flexibility index (Phi) is 5.53. The smallest absolute Gasteiger partial charge is 0.258 e. The van der Waals surface area contributed by atoms with Gasteiger partial charge in [-0.15, -0.1) is 11.3 Å². The SMILES string of the molecule is CCCOc1ccc(-c2csc(NC(=O)c3cc(C)nc4ccccc34)n2)cc1. The monoisotopic (exact) mass is 403 g/mol. The number of pyridine rings is 1. The predicted molar refractivity (Wildman–Crippen MR) is 118 cm³/mol. The van der Waals surface area contributed by atoms with Crippen molar-refractivity contribution in [2.45, 2.75) is 20.3 Å². The zero-order chi connectivity index (χ0) is 20.2. The number of amides is 1. The van der Waals surface area contributed by atoms with Crippen molar-refractivity contribution < 1.29 is 9.53 Å². The van der Waals surface area contributed by atoms with Crippen molar-refractivity contribution in [1.29, 1.82) is 0 Å². The van der Waals surface area contributed by atoms with E-state index >= 15 is 0 Å². The quantitative estimate of drug-likeness (QED) is 0.448. The molecule has 29 heavy (non-hydrogen) atoms. The zero-order valence-corrected chi connectivity index (χ0v) is 17.1. The maximum atomic E-state index is 12.9. The summed E-state index contributed by atoms with van der Waals surface area (Å²) in [6.45, 7) is 4.67. The first-order valence-electron chi connectivity index (χ1n) is 9.50. The number of nitrogens with zero attached hydrogens (tertiary/aromatic N) is 2. The number of ether oxygens (including phenoxy) is 1. The van der Waals surface area contributed by atoms with Gasteiger partial charge in [0.25, 0.3) is 5.91 Å². The molecule has 0 unspecified atom stereocenters. The Hall–Kier alpha value is -3.25. The Morgan fingerprint density at radius 1 is 1.10 bits per heavy atom. The molecule has 1 amide bonds. The first kappa shape index (κ1) is 19.1. The van der Waals surface area contributed by atoms with E-state index in [1.807, 2.05) is 60.8 Å². The number of anilines is 1. The molecule has 0 aliphatic heterocycles. The first-order chi connectivity index (χ1) is 14.1. The fraction of sp³-hybridized carbons (Fsp3) is 0.174. The van der Waals surface area contributed by atoms with Crippen LogP contribution >= 0.6 is 11.3 Å². The largest absolute Gasteiger partial charge is 0.494 e. The third-order valence-corrected chi connectivity index (χ3v) is 5.19. The Labute approximate surface area is 173 Å². The molecule has 0 radical (unpaired) electrons. The van der Waals surface area contributed by atoms with Gasteiger partial charge in [-0.3, -0.25) is 15.1 Å². The van der Waals surface area contributed by atoms with E-state index in [1.54, 1.807) is 6.07 Å². The Bertz CT molecular complexity index is 1150. The molecule has 6 heteroatoms. The van der Waals surface area contributed by atoms with Crippen LogP contribution in [0.4, 0.5) is 5.13 Å². The number of benzene rings is 2. The molecule has 4 rings (SSSR count). The summed E-state index contributed by atoms with van der Waals surface area (Å²) in [5.74, 6) is 0.662. The van der Waals surface area contributed by atoms with Gasteiger partial charge in [-0.2, -0.15) is 0 Å². The summed E-state index contributed by atoms with van der Waals surface area (Å²) < 4.78 is 5.62. The van der Waals surface area contributed by atoms with Gasteiger partial charge in [0.1, 0.15) is 5.75 Å². The highest BCUT2D eigenvalue weighted by molar-refractivity contribution is 7.14. The number of rotatable bonds is 6. The van der Waals surface area contributed by atoms with Crippen LogP contribution in [-0.4, -0.2) is 22.5 Å². The normalized spacial score (nSPS) is 10.8. The van der Waals surface area contributed by atoms with Crippen molar-refractivity contribution in [2.24, 2.45) is 0 Å². The van der Waals surface area contributed by atoms with E-state index in [1.165, 1.54) is 11.3 Å². The van der Waals surface area contributed by atoms with Gasteiger partial charge in [-0.05, 0) is 49.7 Å². The van der Waals surface area contributed by atoms with Crippen molar-refractivity contribution in [3.05, 3.63) is 71.2 Å². The molecule has 0 aliphatic rings. The highest BCUT2D eigenvalue weighted by Gasteiger charge is 2.14. The second kappa shape index (κ2) is 8.41. The number of para-hydroxylation sites is 1. The van der Waals surface area contributed by atoms with Crippen molar-refractivity contribution in [1.82, 2.24) is 9.97 Å². The van der Waals surface area contributed by atoms with Crippen LogP contribution in [-0.2, 0) is 0 Å². The summed E-state index contributed by atoms with van der Waals surface area (Å²) in [4.78, 5) is 21.9. The van der Waals surface area contributed by atoms with Crippen LogP contribution in [0.15, 0.2) is 60.0 Å². The summed E-state index contributed by atoms with van der Waals surface area (Å²) in [5.41, 5.74) is 4.02. The minimum atomic E-state index is -0.184. The fourth-order valence-electron chi connectivity index (χ4n) is 3.07. The van der Waals surface area contributed by atoms with Gasteiger partial charge in [0, 0.05) is 22.0 Å². The minimum Gasteiger partial charge on any atom is -0.494 e. The summed E-state index contributed by atoms with van der Waals surface area (Å²) in [7, 11) is 0. The molecule has 2 aromatic carbocycles. The van der Waals surface area contributed by atoms with Crippen LogP contribution < -0.4 is 10.1 Å². The third-order valence-electron chi connectivity index (χ3n) is 4.44. The molecule has 0 aliphatic carbocycles. The second-order valence-corrected chi connectivity index (χ2v) is 7.55. The Morgan fingerprint density at radius 2 is 1.90 bits per heavy atom. The van der Waals surface area contributed by atoms with Crippen LogP contribution in [0.2, 0.25) is 0 Å². The lowest BCUT2D eigenvalue weighted by molar-refractivity contribution is 0.102. The van der Waals surface area contributed by atoms with Crippen LogP contribution in [0.3, 0.4) is 0 Å². The number of thiazole rings is 1.